The number of aryl methyl sites for hydroxylation is 1. The average Bonchev–Trinajstić information content (AvgIpc) is 2.41. The molecule has 1 aliphatic rings. The molecule has 100 valence electrons. The Morgan fingerprint density at radius 3 is 3.00 bits per heavy atom. The Morgan fingerprint density at radius 1 is 1.44 bits per heavy atom. The van der Waals surface area contributed by atoms with Crippen molar-refractivity contribution in [3.8, 4) is 0 Å². The number of pyridine rings is 1. The van der Waals surface area contributed by atoms with Gasteiger partial charge in [0.25, 0.3) is 0 Å². The number of nitrogens with one attached hydrogen (secondary N) is 1. The molecular formula is C15H24N2O. The van der Waals surface area contributed by atoms with Crippen molar-refractivity contribution >= 4 is 0 Å². The van der Waals surface area contributed by atoms with Crippen LogP contribution in [0.25, 0.3) is 0 Å². The molecule has 0 aliphatic carbocycles. The summed E-state index contributed by atoms with van der Waals surface area (Å²) in [5.41, 5.74) is 2.51. The first-order valence-electron chi connectivity index (χ1n) is 7.00. The fraction of sp³-hybridized carbons (Fsp3) is 0.667. The van der Waals surface area contributed by atoms with Crippen molar-refractivity contribution in [1.29, 1.82) is 0 Å². The van der Waals surface area contributed by atoms with E-state index in [0.29, 0.717) is 12.1 Å². The Labute approximate surface area is 110 Å². The summed E-state index contributed by atoms with van der Waals surface area (Å²) in [5, 5.41) is 3.39. The molecular weight excluding hydrogens is 224 g/mol. The fourth-order valence-corrected chi connectivity index (χ4v) is 2.63. The Balaban J connectivity index is 1.88. The summed E-state index contributed by atoms with van der Waals surface area (Å²) in [5.74, 6) is 0. The van der Waals surface area contributed by atoms with Crippen molar-refractivity contribution in [1.82, 2.24) is 10.3 Å². The SMILES string of the molecule is CNC(CCC1CCCCO1)c1cncc(C)c1. The summed E-state index contributed by atoms with van der Waals surface area (Å²) in [6.45, 7) is 3.04. The number of nitrogens with zero attached hydrogens (tertiary/aromatic N) is 1. The molecule has 0 amide bonds. The van der Waals surface area contributed by atoms with Gasteiger partial charge in [0.2, 0.25) is 0 Å². The molecule has 2 heterocycles. The molecule has 0 bridgehead atoms. The molecule has 3 nitrogen and oxygen atoms in total. The van der Waals surface area contributed by atoms with Crippen LogP contribution in [0.2, 0.25) is 0 Å². The molecule has 2 rings (SSSR count). The lowest BCUT2D eigenvalue weighted by Gasteiger charge is -2.25. The number of hydrogen-bond donors (Lipinski definition) is 1. The van der Waals surface area contributed by atoms with E-state index < -0.39 is 0 Å². The maximum atomic E-state index is 5.79. The molecule has 0 spiro atoms. The van der Waals surface area contributed by atoms with E-state index in [1.807, 2.05) is 19.4 Å². The first-order chi connectivity index (χ1) is 8.79. The van der Waals surface area contributed by atoms with Crippen LogP contribution >= 0.6 is 0 Å². The van der Waals surface area contributed by atoms with Gasteiger partial charge >= 0.3 is 0 Å². The summed E-state index contributed by atoms with van der Waals surface area (Å²) < 4.78 is 5.79. The highest BCUT2D eigenvalue weighted by Gasteiger charge is 2.17. The van der Waals surface area contributed by atoms with Crippen LogP contribution in [0.4, 0.5) is 0 Å². The molecule has 1 N–H and O–H groups in total. The predicted octanol–water partition coefficient (Wildman–Crippen LogP) is 3.00. The van der Waals surface area contributed by atoms with Crippen LogP contribution < -0.4 is 5.32 Å². The van der Waals surface area contributed by atoms with Gasteiger partial charge in [-0.2, -0.15) is 0 Å². The standard InChI is InChI=1S/C15H24N2O/c1-12-9-13(11-17-10-12)15(16-2)7-6-14-5-3-4-8-18-14/h9-11,14-16H,3-8H2,1-2H3. The van der Waals surface area contributed by atoms with Gasteiger partial charge in [-0.3, -0.25) is 4.98 Å². The van der Waals surface area contributed by atoms with E-state index in [0.717, 1.165) is 19.4 Å². The van der Waals surface area contributed by atoms with Crippen molar-refractivity contribution < 1.29 is 4.74 Å². The second-order valence-electron chi connectivity index (χ2n) is 5.20. The summed E-state index contributed by atoms with van der Waals surface area (Å²) in [4.78, 5) is 4.28. The Morgan fingerprint density at radius 2 is 2.33 bits per heavy atom. The zero-order chi connectivity index (χ0) is 12.8. The normalized spacial score (nSPS) is 21.8. The molecule has 1 aromatic rings. The van der Waals surface area contributed by atoms with Crippen LogP contribution in [0.15, 0.2) is 18.5 Å². The number of hydrogen-bond acceptors (Lipinski definition) is 3. The van der Waals surface area contributed by atoms with Crippen LogP contribution in [0, 0.1) is 6.92 Å². The minimum atomic E-state index is 0.392. The highest BCUT2D eigenvalue weighted by molar-refractivity contribution is 5.20. The van der Waals surface area contributed by atoms with E-state index in [-0.39, 0.29) is 0 Å². The molecule has 2 atom stereocenters. The minimum absolute atomic E-state index is 0.392. The molecule has 0 aromatic carbocycles. The molecule has 1 fully saturated rings. The van der Waals surface area contributed by atoms with Crippen molar-refractivity contribution in [2.75, 3.05) is 13.7 Å². The van der Waals surface area contributed by atoms with Gasteiger partial charge in [-0.15, -0.1) is 0 Å². The first-order valence-corrected chi connectivity index (χ1v) is 7.00. The second-order valence-corrected chi connectivity index (χ2v) is 5.20. The molecule has 1 saturated heterocycles. The first kappa shape index (κ1) is 13.5. The van der Waals surface area contributed by atoms with E-state index in [1.54, 1.807) is 0 Å². The smallest absolute Gasteiger partial charge is 0.0575 e. The van der Waals surface area contributed by atoms with Crippen LogP contribution in [0.5, 0.6) is 0 Å². The summed E-state index contributed by atoms with van der Waals surface area (Å²) >= 11 is 0. The average molecular weight is 248 g/mol. The number of aromatic nitrogens is 1. The maximum Gasteiger partial charge on any atom is 0.0575 e. The zero-order valence-electron chi connectivity index (χ0n) is 11.5. The lowest BCUT2D eigenvalue weighted by atomic mass is 9.98. The maximum absolute atomic E-state index is 5.79. The van der Waals surface area contributed by atoms with E-state index in [9.17, 15) is 0 Å². The zero-order valence-corrected chi connectivity index (χ0v) is 11.5. The van der Waals surface area contributed by atoms with Crippen molar-refractivity contribution in [2.24, 2.45) is 0 Å². The minimum Gasteiger partial charge on any atom is -0.378 e. The molecule has 0 radical (unpaired) electrons. The van der Waals surface area contributed by atoms with E-state index in [2.05, 4.69) is 23.3 Å². The summed E-state index contributed by atoms with van der Waals surface area (Å²) in [6, 6.07) is 2.61. The summed E-state index contributed by atoms with van der Waals surface area (Å²) in [6.07, 6.45) is 10.4. The molecule has 3 heteroatoms. The van der Waals surface area contributed by atoms with Gasteiger partial charge in [0.1, 0.15) is 0 Å². The lowest BCUT2D eigenvalue weighted by molar-refractivity contribution is 0.00865. The Kier molecular flexibility index (Phi) is 5.14. The van der Waals surface area contributed by atoms with E-state index >= 15 is 0 Å². The number of rotatable bonds is 5. The van der Waals surface area contributed by atoms with Crippen LogP contribution in [-0.4, -0.2) is 24.7 Å². The fourth-order valence-electron chi connectivity index (χ4n) is 2.63. The highest BCUT2D eigenvalue weighted by atomic mass is 16.5. The number of ether oxygens (including phenoxy) is 1. The second kappa shape index (κ2) is 6.86. The molecule has 2 unspecified atom stereocenters. The van der Waals surface area contributed by atoms with Crippen LogP contribution in [-0.2, 0) is 4.74 Å². The van der Waals surface area contributed by atoms with Gasteiger partial charge < -0.3 is 10.1 Å². The van der Waals surface area contributed by atoms with Crippen molar-refractivity contribution in [3.05, 3.63) is 29.6 Å². The topological polar surface area (TPSA) is 34.1 Å². The third-order valence-electron chi connectivity index (χ3n) is 3.70. The predicted molar refractivity (Wildman–Crippen MR) is 73.6 cm³/mol. The van der Waals surface area contributed by atoms with E-state index in [4.69, 9.17) is 4.74 Å². The van der Waals surface area contributed by atoms with Crippen molar-refractivity contribution in [2.45, 2.75) is 51.2 Å². The largest absolute Gasteiger partial charge is 0.378 e. The van der Waals surface area contributed by atoms with Crippen LogP contribution in [0.3, 0.4) is 0 Å². The summed E-state index contributed by atoms with van der Waals surface area (Å²) in [7, 11) is 2.02. The molecule has 0 saturated carbocycles. The van der Waals surface area contributed by atoms with Gasteiger partial charge in [0, 0.05) is 25.0 Å². The Bertz CT molecular complexity index is 361. The van der Waals surface area contributed by atoms with Gasteiger partial charge in [-0.25, -0.2) is 0 Å². The van der Waals surface area contributed by atoms with Crippen LogP contribution in [0.1, 0.15) is 49.3 Å². The molecule has 1 aromatic heterocycles. The lowest BCUT2D eigenvalue weighted by Crippen LogP contribution is -2.23. The quantitative estimate of drug-likeness (QED) is 0.869. The van der Waals surface area contributed by atoms with Gasteiger partial charge in [-0.05, 0) is 57.2 Å². The van der Waals surface area contributed by atoms with E-state index in [1.165, 1.54) is 30.4 Å². The molecule has 18 heavy (non-hydrogen) atoms. The van der Waals surface area contributed by atoms with Gasteiger partial charge in [0.15, 0.2) is 0 Å². The monoisotopic (exact) mass is 248 g/mol. The highest BCUT2D eigenvalue weighted by Crippen LogP contribution is 2.23. The molecule has 1 aliphatic heterocycles. The van der Waals surface area contributed by atoms with Gasteiger partial charge in [0.05, 0.1) is 6.10 Å². The third-order valence-corrected chi connectivity index (χ3v) is 3.70. The Hall–Kier alpha value is -0.930. The van der Waals surface area contributed by atoms with Crippen molar-refractivity contribution in [3.63, 3.8) is 0 Å². The van der Waals surface area contributed by atoms with Gasteiger partial charge in [-0.1, -0.05) is 6.07 Å². The third kappa shape index (κ3) is 3.79.